The molecule has 0 unspecified atom stereocenters. The number of carbonyl (C=O) groups is 1. The first-order chi connectivity index (χ1) is 8.52. The van der Waals surface area contributed by atoms with Gasteiger partial charge >= 0.3 is 5.97 Å². The van der Waals surface area contributed by atoms with E-state index in [4.69, 9.17) is 4.74 Å². The minimum atomic E-state index is -3.32. The van der Waals surface area contributed by atoms with E-state index < -0.39 is 16.0 Å². The number of ether oxygens (including phenoxy) is 2. The van der Waals surface area contributed by atoms with Gasteiger partial charge in [0.25, 0.3) is 0 Å². The second-order valence-corrected chi connectivity index (χ2v) is 5.79. The smallest absolute Gasteiger partial charge is 0.305 e. The van der Waals surface area contributed by atoms with Gasteiger partial charge in [0.05, 0.1) is 19.5 Å². The van der Waals surface area contributed by atoms with Gasteiger partial charge in [0.1, 0.15) is 0 Å². The molecule has 0 aromatic rings. The summed E-state index contributed by atoms with van der Waals surface area (Å²) in [5.74, 6) is -0.468. The molecule has 0 aliphatic heterocycles. The third kappa shape index (κ3) is 10.5. The van der Waals surface area contributed by atoms with Gasteiger partial charge in [-0.15, -0.1) is 0 Å². The summed E-state index contributed by atoms with van der Waals surface area (Å²) in [4.78, 5) is 10.8. The number of esters is 1. The van der Waals surface area contributed by atoms with Crippen LogP contribution in [0.3, 0.4) is 0 Å². The van der Waals surface area contributed by atoms with Crippen molar-refractivity contribution in [2.45, 2.75) is 32.6 Å². The lowest BCUT2D eigenvalue weighted by atomic mass is 10.3. The molecule has 0 saturated carbocycles. The van der Waals surface area contributed by atoms with Crippen LogP contribution >= 0.6 is 0 Å². The van der Waals surface area contributed by atoms with Gasteiger partial charge < -0.3 is 9.47 Å². The maximum Gasteiger partial charge on any atom is 0.305 e. The van der Waals surface area contributed by atoms with Crippen molar-refractivity contribution in [3.8, 4) is 0 Å². The van der Waals surface area contributed by atoms with E-state index >= 15 is 0 Å². The third-order valence-electron chi connectivity index (χ3n) is 2.23. The minimum absolute atomic E-state index is 0.0724. The average molecular weight is 281 g/mol. The molecule has 0 aromatic carbocycles. The fourth-order valence-corrected chi connectivity index (χ4v) is 2.26. The van der Waals surface area contributed by atoms with Gasteiger partial charge in [-0.3, -0.25) is 4.79 Å². The van der Waals surface area contributed by atoms with Crippen molar-refractivity contribution in [3.63, 3.8) is 0 Å². The summed E-state index contributed by atoms with van der Waals surface area (Å²) in [7, 11) is -2.04. The fraction of sp³-hybridized carbons (Fsp3) is 0.909. The topological polar surface area (TPSA) is 81.7 Å². The van der Waals surface area contributed by atoms with Gasteiger partial charge in [-0.2, -0.15) is 0 Å². The van der Waals surface area contributed by atoms with Gasteiger partial charge in [0.15, 0.2) is 0 Å². The van der Waals surface area contributed by atoms with Crippen molar-refractivity contribution in [1.82, 2.24) is 4.72 Å². The Kier molecular flexibility index (Phi) is 9.90. The van der Waals surface area contributed by atoms with E-state index in [0.717, 1.165) is 12.8 Å². The SMILES string of the molecule is CCCCOCCNS(=O)(=O)CCCC(=O)OC. The predicted octanol–water partition coefficient (Wildman–Crippen LogP) is 0.676. The van der Waals surface area contributed by atoms with E-state index in [-0.39, 0.29) is 25.1 Å². The first kappa shape index (κ1) is 17.3. The molecule has 0 saturated heterocycles. The summed E-state index contributed by atoms with van der Waals surface area (Å²) >= 11 is 0. The summed E-state index contributed by atoms with van der Waals surface area (Å²) in [5.41, 5.74) is 0. The zero-order valence-electron chi connectivity index (χ0n) is 11.1. The van der Waals surface area contributed by atoms with Crippen molar-refractivity contribution >= 4 is 16.0 Å². The molecule has 0 radical (unpaired) electrons. The largest absolute Gasteiger partial charge is 0.469 e. The van der Waals surface area contributed by atoms with Crippen LogP contribution in [0.2, 0.25) is 0 Å². The molecular weight excluding hydrogens is 258 g/mol. The molecule has 6 nitrogen and oxygen atoms in total. The quantitative estimate of drug-likeness (QED) is 0.445. The van der Waals surface area contributed by atoms with Crippen molar-refractivity contribution in [2.24, 2.45) is 0 Å². The van der Waals surface area contributed by atoms with Crippen LogP contribution in [-0.2, 0) is 24.3 Å². The van der Waals surface area contributed by atoms with Crippen molar-refractivity contribution in [1.29, 1.82) is 0 Å². The monoisotopic (exact) mass is 281 g/mol. The highest BCUT2D eigenvalue weighted by Crippen LogP contribution is 1.96. The van der Waals surface area contributed by atoms with Crippen LogP contribution in [-0.4, -0.2) is 47.0 Å². The molecule has 0 aliphatic carbocycles. The molecule has 0 bridgehead atoms. The highest BCUT2D eigenvalue weighted by atomic mass is 32.2. The predicted molar refractivity (Wildman–Crippen MR) is 68.8 cm³/mol. The molecule has 0 spiro atoms. The molecule has 18 heavy (non-hydrogen) atoms. The van der Waals surface area contributed by atoms with Crippen LogP contribution < -0.4 is 4.72 Å². The summed E-state index contributed by atoms with van der Waals surface area (Å²) in [6, 6.07) is 0. The van der Waals surface area contributed by atoms with E-state index in [9.17, 15) is 13.2 Å². The van der Waals surface area contributed by atoms with Crippen LogP contribution in [0, 0.1) is 0 Å². The molecule has 0 aliphatic rings. The van der Waals surface area contributed by atoms with Gasteiger partial charge in [0, 0.05) is 19.6 Å². The van der Waals surface area contributed by atoms with E-state index in [2.05, 4.69) is 16.4 Å². The normalized spacial score (nSPS) is 11.4. The lowest BCUT2D eigenvalue weighted by Gasteiger charge is -2.07. The Morgan fingerprint density at radius 2 is 1.94 bits per heavy atom. The molecule has 1 N–H and O–H groups in total. The fourth-order valence-electron chi connectivity index (χ4n) is 1.20. The van der Waals surface area contributed by atoms with Crippen molar-refractivity contribution < 1.29 is 22.7 Å². The van der Waals surface area contributed by atoms with E-state index in [0.29, 0.717) is 13.2 Å². The second kappa shape index (κ2) is 10.3. The first-order valence-corrected chi connectivity index (χ1v) is 7.79. The lowest BCUT2D eigenvalue weighted by molar-refractivity contribution is -0.140. The third-order valence-corrected chi connectivity index (χ3v) is 3.70. The molecular formula is C11H23NO5S. The Bertz CT molecular complexity index is 315. The van der Waals surface area contributed by atoms with Gasteiger partial charge in [-0.1, -0.05) is 13.3 Å². The van der Waals surface area contributed by atoms with Gasteiger partial charge in [-0.05, 0) is 12.8 Å². The number of carbonyl (C=O) groups excluding carboxylic acids is 1. The van der Waals surface area contributed by atoms with E-state index in [1.54, 1.807) is 0 Å². The first-order valence-electron chi connectivity index (χ1n) is 6.13. The average Bonchev–Trinajstić information content (AvgIpc) is 2.33. The molecule has 108 valence electrons. The zero-order chi connectivity index (χ0) is 13.9. The summed E-state index contributed by atoms with van der Waals surface area (Å²) in [5, 5.41) is 0. The highest BCUT2D eigenvalue weighted by Gasteiger charge is 2.10. The molecule has 0 atom stereocenters. The second-order valence-electron chi connectivity index (χ2n) is 3.86. The molecule has 0 heterocycles. The maximum absolute atomic E-state index is 11.5. The molecule has 0 rings (SSSR count). The molecule has 7 heteroatoms. The Morgan fingerprint density at radius 1 is 1.22 bits per heavy atom. The van der Waals surface area contributed by atoms with Crippen LogP contribution in [0.5, 0.6) is 0 Å². The number of unbranched alkanes of at least 4 members (excludes halogenated alkanes) is 1. The number of sulfonamides is 1. The maximum atomic E-state index is 11.5. The summed E-state index contributed by atoms with van der Waals surface area (Å²) in [6.45, 7) is 3.36. The lowest BCUT2D eigenvalue weighted by Crippen LogP contribution is -2.30. The highest BCUT2D eigenvalue weighted by molar-refractivity contribution is 7.89. The number of nitrogens with one attached hydrogen (secondary N) is 1. The van der Waals surface area contributed by atoms with Crippen molar-refractivity contribution in [2.75, 3.05) is 32.6 Å². The van der Waals surface area contributed by atoms with Crippen LogP contribution in [0.25, 0.3) is 0 Å². The standard InChI is InChI=1S/C11H23NO5S/c1-3-4-8-17-9-7-12-18(14,15)10-5-6-11(13)16-2/h12H,3-10H2,1-2H3. The number of hydrogen-bond donors (Lipinski definition) is 1. The van der Waals surface area contributed by atoms with Gasteiger partial charge in [-0.25, -0.2) is 13.1 Å². The molecule has 0 aromatic heterocycles. The van der Waals surface area contributed by atoms with Crippen LogP contribution in [0.1, 0.15) is 32.6 Å². The Hall–Kier alpha value is -0.660. The van der Waals surface area contributed by atoms with Gasteiger partial charge in [0.2, 0.25) is 10.0 Å². The van der Waals surface area contributed by atoms with Crippen LogP contribution in [0.4, 0.5) is 0 Å². The number of methoxy groups -OCH3 is 1. The van der Waals surface area contributed by atoms with E-state index in [1.807, 2.05) is 0 Å². The molecule has 0 fully saturated rings. The molecule has 0 amide bonds. The minimum Gasteiger partial charge on any atom is -0.469 e. The Balaban J connectivity index is 3.58. The number of hydrogen-bond acceptors (Lipinski definition) is 5. The van der Waals surface area contributed by atoms with Crippen LogP contribution in [0.15, 0.2) is 0 Å². The summed E-state index contributed by atoms with van der Waals surface area (Å²) in [6.07, 6.45) is 2.41. The Labute approximate surface area is 109 Å². The zero-order valence-corrected chi connectivity index (χ0v) is 11.9. The Morgan fingerprint density at radius 3 is 2.56 bits per heavy atom. The summed E-state index contributed by atoms with van der Waals surface area (Å²) < 4.78 is 35.0. The van der Waals surface area contributed by atoms with E-state index in [1.165, 1.54) is 7.11 Å². The van der Waals surface area contributed by atoms with Crippen molar-refractivity contribution in [3.05, 3.63) is 0 Å². The number of rotatable bonds is 11.